The molecule has 2 heterocycles. The number of pyridine rings is 1. The first kappa shape index (κ1) is 17.9. The molecule has 0 radical (unpaired) electrons. The standard InChI is InChI=1S/C22H20N2O4/c1-3-27-22(26)17-15(13-9-5-4-6-10-13)16-19(28-20(17)23)14-11-7-8-12(2)18(14)24-21(16)25/h4-11,15H,3,23H2,1-2H3,(H,24,25)/t15-/m0/s1. The fourth-order valence-corrected chi connectivity index (χ4v) is 3.68. The molecule has 28 heavy (non-hydrogen) atoms. The summed E-state index contributed by atoms with van der Waals surface area (Å²) in [5.74, 6) is -0.948. The van der Waals surface area contributed by atoms with Crippen molar-refractivity contribution in [2.24, 2.45) is 5.73 Å². The summed E-state index contributed by atoms with van der Waals surface area (Å²) in [6.45, 7) is 3.82. The predicted octanol–water partition coefficient (Wildman–Crippen LogP) is 3.09. The molecule has 6 nitrogen and oxygen atoms in total. The maximum atomic E-state index is 13.1. The van der Waals surface area contributed by atoms with E-state index in [-0.39, 0.29) is 23.6 Å². The van der Waals surface area contributed by atoms with Crippen LogP contribution in [0.5, 0.6) is 5.75 Å². The van der Waals surface area contributed by atoms with Crippen LogP contribution >= 0.6 is 0 Å². The molecular formula is C22H20N2O4. The summed E-state index contributed by atoms with van der Waals surface area (Å²) >= 11 is 0. The van der Waals surface area contributed by atoms with Gasteiger partial charge in [0.2, 0.25) is 5.88 Å². The fourth-order valence-electron chi connectivity index (χ4n) is 3.68. The second kappa shape index (κ2) is 6.88. The molecule has 1 aliphatic rings. The summed E-state index contributed by atoms with van der Waals surface area (Å²) in [6, 6.07) is 14.9. The van der Waals surface area contributed by atoms with E-state index in [0.29, 0.717) is 16.8 Å². The third-order valence-electron chi connectivity index (χ3n) is 4.93. The Balaban J connectivity index is 2.06. The summed E-state index contributed by atoms with van der Waals surface area (Å²) < 4.78 is 11.0. The second-order valence-corrected chi connectivity index (χ2v) is 6.64. The van der Waals surface area contributed by atoms with Gasteiger partial charge in [-0.1, -0.05) is 42.5 Å². The number of hydrogen-bond donors (Lipinski definition) is 2. The van der Waals surface area contributed by atoms with Crippen molar-refractivity contribution in [3.05, 3.63) is 87.0 Å². The van der Waals surface area contributed by atoms with Crippen LogP contribution in [0.2, 0.25) is 0 Å². The Labute approximate surface area is 161 Å². The number of aromatic amines is 1. The van der Waals surface area contributed by atoms with Crippen LogP contribution in [0.3, 0.4) is 0 Å². The summed E-state index contributed by atoms with van der Waals surface area (Å²) in [5, 5.41) is 0.737. The third kappa shape index (κ3) is 2.74. The molecule has 0 bridgehead atoms. The van der Waals surface area contributed by atoms with E-state index in [2.05, 4.69) is 4.98 Å². The molecule has 1 aliphatic heterocycles. The van der Waals surface area contributed by atoms with E-state index < -0.39 is 11.9 Å². The molecule has 2 aromatic carbocycles. The number of nitrogens with two attached hydrogens (primary N) is 1. The number of para-hydroxylation sites is 1. The van der Waals surface area contributed by atoms with E-state index in [1.807, 2.05) is 55.5 Å². The number of carbonyl (C=O) groups is 1. The molecule has 1 aromatic heterocycles. The van der Waals surface area contributed by atoms with Crippen molar-refractivity contribution in [3.63, 3.8) is 0 Å². The van der Waals surface area contributed by atoms with Crippen LogP contribution in [0.15, 0.2) is 64.8 Å². The lowest BCUT2D eigenvalue weighted by molar-refractivity contribution is -0.139. The summed E-state index contributed by atoms with van der Waals surface area (Å²) in [4.78, 5) is 28.7. The van der Waals surface area contributed by atoms with Gasteiger partial charge in [-0.3, -0.25) is 4.79 Å². The van der Waals surface area contributed by atoms with E-state index in [9.17, 15) is 9.59 Å². The maximum absolute atomic E-state index is 13.1. The van der Waals surface area contributed by atoms with Crippen LogP contribution in [-0.2, 0) is 9.53 Å². The van der Waals surface area contributed by atoms with Gasteiger partial charge in [0.1, 0.15) is 11.3 Å². The molecule has 0 aliphatic carbocycles. The maximum Gasteiger partial charge on any atom is 0.340 e. The molecule has 0 saturated heterocycles. The number of benzene rings is 2. The molecular weight excluding hydrogens is 356 g/mol. The Morgan fingerprint density at radius 3 is 2.64 bits per heavy atom. The SMILES string of the molecule is CCOC(=O)C1=C(N)Oc2c(c(=O)[nH]c3c(C)cccc23)[C@@H]1c1ccccc1. The molecule has 0 fully saturated rings. The first-order valence-electron chi connectivity index (χ1n) is 9.08. The van der Waals surface area contributed by atoms with Gasteiger partial charge in [-0.25, -0.2) is 4.79 Å². The van der Waals surface area contributed by atoms with Crippen LogP contribution in [0.1, 0.15) is 29.5 Å². The minimum Gasteiger partial charge on any atom is -0.462 e. The van der Waals surface area contributed by atoms with Gasteiger partial charge in [0.05, 0.1) is 23.6 Å². The zero-order valence-corrected chi connectivity index (χ0v) is 15.6. The topological polar surface area (TPSA) is 94.4 Å². The van der Waals surface area contributed by atoms with Gasteiger partial charge < -0.3 is 20.2 Å². The van der Waals surface area contributed by atoms with E-state index in [1.165, 1.54) is 0 Å². The van der Waals surface area contributed by atoms with Crippen molar-refractivity contribution < 1.29 is 14.3 Å². The van der Waals surface area contributed by atoms with Crippen molar-refractivity contribution in [3.8, 4) is 5.75 Å². The Kier molecular flexibility index (Phi) is 4.39. The molecule has 1 atom stereocenters. The van der Waals surface area contributed by atoms with Crippen molar-refractivity contribution in [2.45, 2.75) is 19.8 Å². The molecule has 142 valence electrons. The summed E-state index contributed by atoms with van der Waals surface area (Å²) in [5.41, 5.74) is 8.70. The van der Waals surface area contributed by atoms with Gasteiger partial charge in [0, 0.05) is 5.39 Å². The minimum atomic E-state index is -0.683. The van der Waals surface area contributed by atoms with Gasteiger partial charge >= 0.3 is 5.97 Å². The molecule has 4 rings (SSSR count). The lowest BCUT2D eigenvalue weighted by atomic mass is 9.83. The van der Waals surface area contributed by atoms with Crippen molar-refractivity contribution >= 4 is 16.9 Å². The minimum absolute atomic E-state index is 0.0480. The number of ether oxygens (including phenoxy) is 2. The van der Waals surface area contributed by atoms with Crippen LogP contribution in [-0.4, -0.2) is 17.6 Å². The number of carbonyl (C=O) groups excluding carboxylic acids is 1. The highest BCUT2D eigenvalue weighted by Gasteiger charge is 2.38. The molecule has 0 amide bonds. The Hall–Kier alpha value is -3.54. The molecule has 0 unspecified atom stereocenters. The van der Waals surface area contributed by atoms with E-state index in [0.717, 1.165) is 16.5 Å². The Morgan fingerprint density at radius 1 is 1.18 bits per heavy atom. The number of H-pyrrole nitrogens is 1. The first-order valence-corrected chi connectivity index (χ1v) is 9.08. The largest absolute Gasteiger partial charge is 0.462 e. The average Bonchev–Trinajstić information content (AvgIpc) is 2.69. The number of nitrogens with one attached hydrogen (secondary N) is 1. The van der Waals surface area contributed by atoms with Crippen molar-refractivity contribution in [1.82, 2.24) is 4.98 Å². The number of rotatable bonds is 3. The van der Waals surface area contributed by atoms with Gasteiger partial charge in [-0.05, 0) is 31.0 Å². The molecule has 6 heteroatoms. The van der Waals surface area contributed by atoms with Gasteiger partial charge in [-0.15, -0.1) is 0 Å². The highest BCUT2D eigenvalue weighted by molar-refractivity contribution is 5.95. The molecule has 0 spiro atoms. The molecule has 0 saturated carbocycles. The quantitative estimate of drug-likeness (QED) is 0.685. The smallest absolute Gasteiger partial charge is 0.340 e. The van der Waals surface area contributed by atoms with Gasteiger partial charge in [0.25, 0.3) is 5.56 Å². The summed E-state index contributed by atoms with van der Waals surface area (Å²) in [7, 11) is 0. The van der Waals surface area contributed by atoms with Crippen LogP contribution in [0.4, 0.5) is 0 Å². The highest BCUT2D eigenvalue weighted by atomic mass is 16.5. The van der Waals surface area contributed by atoms with Crippen LogP contribution in [0, 0.1) is 6.92 Å². The monoisotopic (exact) mass is 376 g/mol. The van der Waals surface area contributed by atoms with Gasteiger partial charge in [-0.2, -0.15) is 0 Å². The molecule has 3 N–H and O–H groups in total. The van der Waals surface area contributed by atoms with E-state index in [1.54, 1.807) is 6.92 Å². The lowest BCUT2D eigenvalue weighted by Gasteiger charge is -2.28. The highest BCUT2D eigenvalue weighted by Crippen LogP contribution is 2.43. The zero-order chi connectivity index (χ0) is 19.8. The second-order valence-electron chi connectivity index (χ2n) is 6.64. The fraction of sp³-hybridized carbons (Fsp3) is 0.182. The number of aryl methyl sites for hydroxylation is 1. The summed E-state index contributed by atoms with van der Waals surface area (Å²) in [6.07, 6.45) is 0. The first-order chi connectivity index (χ1) is 13.5. The number of esters is 1. The predicted molar refractivity (Wildman–Crippen MR) is 106 cm³/mol. The van der Waals surface area contributed by atoms with Crippen molar-refractivity contribution in [1.29, 1.82) is 0 Å². The average molecular weight is 376 g/mol. The number of hydrogen-bond acceptors (Lipinski definition) is 5. The lowest BCUT2D eigenvalue weighted by Crippen LogP contribution is -2.32. The normalized spacial score (nSPS) is 15.9. The van der Waals surface area contributed by atoms with E-state index in [4.69, 9.17) is 15.2 Å². The van der Waals surface area contributed by atoms with Gasteiger partial charge in [0.15, 0.2) is 0 Å². The third-order valence-corrected chi connectivity index (χ3v) is 4.93. The van der Waals surface area contributed by atoms with Crippen molar-refractivity contribution in [2.75, 3.05) is 6.61 Å². The number of fused-ring (bicyclic) bond motifs is 3. The van der Waals surface area contributed by atoms with Crippen LogP contribution < -0.4 is 16.0 Å². The Bertz CT molecular complexity index is 1160. The zero-order valence-electron chi connectivity index (χ0n) is 15.6. The van der Waals surface area contributed by atoms with Crippen LogP contribution in [0.25, 0.3) is 10.9 Å². The molecule has 3 aromatic rings. The van der Waals surface area contributed by atoms with E-state index >= 15 is 0 Å². The number of aromatic nitrogens is 1. The Morgan fingerprint density at radius 2 is 1.93 bits per heavy atom.